The highest BCUT2D eigenvalue weighted by Gasteiger charge is 2.35. The van der Waals surface area contributed by atoms with Crippen molar-refractivity contribution in [3.63, 3.8) is 0 Å². The number of aliphatic carboxylic acids is 1. The number of aryl methyl sites for hydroxylation is 1. The summed E-state index contributed by atoms with van der Waals surface area (Å²) >= 11 is 0. The van der Waals surface area contributed by atoms with E-state index in [-0.39, 0.29) is 12.0 Å². The summed E-state index contributed by atoms with van der Waals surface area (Å²) in [5.74, 6) is -0.787. The highest BCUT2D eigenvalue weighted by atomic mass is 16.4. The van der Waals surface area contributed by atoms with Gasteiger partial charge in [0, 0.05) is 6.61 Å². The molecule has 0 bridgehead atoms. The first-order chi connectivity index (χ1) is 10.2. The second-order valence-electron chi connectivity index (χ2n) is 6.68. The topological polar surface area (TPSA) is 57.5 Å². The SMILES string of the molecule is CC.Cc1cccc(C(C)(CCCC(C)(C)CO)C(=O)O)c1. The second kappa shape index (κ2) is 8.94. The van der Waals surface area contributed by atoms with E-state index in [1.54, 1.807) is 6.92 Å². The van der Waals surface area contributed by atoms with Crippen LogP contribution in [0.1, 0.15) is 65.0 Å². The Kier molecular flexibility index (Phi) is 8.39. The average Bonchev–Trinajstić information content (AvgIpc) is 2.48. The number of rotatable bonds is 7. The molecule has 0 aliphatic rings. The van der Waals surface area contributed by atoms with Gasteiger partial charge in [0.1, 0.15) is 0 Å². The smallest absolute Gasteiger partial charge is 0.313 e. The van der Waals surface area contributed by atoms with Crippen molar-refractivity contribution in [3.8, 4) is 0 Å². The lowest BCUT2D eigenvalue weighted by Crippen LogP contribution is -2.33. The van der Waals surface area contributed by atoms with E-state index < -0.39 is 11.4 Å². The highest BCUT2D eigenvalue weighted by molar-refractivity contribution is 5.80. The van der Waals surface area contributed by atoms with E-state index in [0.29, 0.717) is 6.42 Å². The maximum absolute atomic E-state index is 11.7. The summed E-state index contributed by atoms with van der Waals surface area (Å²) in [6.45, 7) is 11.9. The van der Waals surface area contributed by atoms with Gasteiger partial charge >= 0.3 is 5.97 Å². The third-order valence-electron chi connectivity index (χ3n) is 4.09. The van der Waals surface area contributed by atoms with Gasteiger partial charge in [0.15, 0.2) is 0 Å². The Balaban J connectivity index is 0.00000211. The predicted octanol–water partition coefficient (Wildman–Crippen LogP) is 4.55. The minimum atomic E-state index is -0.864. The lowest BCUT2D eigenvalue weighted by molar-refractivity contribution is -0.143. The van der Waals surface area contributed by atoms with E-state index in [4.69, 9.17) is 0 Å². The van der Waals surface area contributed by atoms with Crippen LogP contribution in [-0.2, 0) is 10.2 Å². The third-order valence-corrected chi connectivity index (χ3v) is 4.09. The van der Waals surface area contributed by atoms with Gasteiger partial charge in [0.25, 0.3) is 0 Å². The van der Waals surface area contributed by atoms with Crippen LogP contribution in [0.4, 0.5) is 0 Å². The van der Waals surface area contributed by atoms with Crippen LogP contribution in [0.2, 0.25) is 0 Å². The zero-order chi connectivity index (χ0) is 17.4. The van der Waals surface area contributed by atoms with Crippen molar-refractivity contribution in [3.05, 3.63) is 35.4 Å². The molecule has 0 saturated carbocycles. The number of benzene rings is 1. The number of hydrogen-bond donors (Lipinski definition) is 2. The summed E-state index contributed by atoms with van der Waals surface area (Å²) in [6.07, 6.45) is 2.18. The van der Waals surface area contributed by atoms with Crippen molar-refractivity contribution in [1.82, 2.24) is 0 Å². The van der Waals surface area contributed by atoms with Gasteiger partial charge in [-0.3, -0.25) is 4.79 Å². The Bertz CT molecular complexity index is 466. The van der Waals surface area contributed by atoms with Crippen LogP contribution in [0.3, 0.4) is 0 Å². The number of carboxylic acids is 1. The lowest BCUT2D eigenvalue weighted by atomic mass is 9.76. The average molecular weight is 308 g/mol. The molecule has 1 atom stereocenters. The van der Waals surface area contributed by atoms with Crippen LogP contribution in [0.15, 0.2) is 24.3 Å². The van der Waals surface area contributed by atoms with Crippen molar-refractivity contribution < 1.29 is 15.0 Å². The highest BCUT2D eigenvalue weighted by Crippen LogP contribution is 2.33. The van der Waals surface area contributed by atoms with Crippen molar-refractivity contribution in [2.24, 2.45) is 5.41 Å². The predicted molar refractivity (Wildman–Crippen MR) is 92.2 cm³/mol. The molecule has 0 radical (unpaired) electrons. The van der Waals surface area contributed by atoms with Crippen LogP contribution >= 0.6 is 0 Å². The molecule has 0 saturated heterocycles. The minimum absolute atomic E-state index is 0.126. The van der Waals surface area contributed by atoms with Crippen molar-refractivity contribution in [2.45, 2.75) is 66.2 Å². The fourth-order valence-corrected chi connectivity index (χ4v) is 2.36. The van der Waals surface area contributed by atoms with Gasteiger partial charge in [-0.05, 0) is 37.7 Å². The maximum Gasteiger partial charge on any atom is 0.313 e. The van der Waals surface area contributed by atoms with Crippen LogP contribution in [0, 0.1) is 12.3 Å². The van der Waals surface area contributed by atoms with Crippen LogP contribution in [0.25, 0.3) is 0 Å². The molecule has 0 amide bonds. The van der Waals surface area contributed by atoms with Gasteiger partial charge in [0.2, 0.25) is 0 Å². The van der Waals surface area contributed by atoms with Crippen LogP contribution in [0.5, 0.6) is 0 Å². The molecule has 1 rings (SSSR count). The molecule has 3 nitrogen and oxygen atoms in total. The first-order valence-corrected chi connectivity index (χ1v) is 8.13. The first kappa shape index (κ1) is 20.6. The fourth-order valence-electron chi connectivity index (χ4n) is 2.36. The molecule has 0 aliphatic carbocycles. The lowest BCUT2D eigenvalue weighted by Gasteiger charge is -2.28. The molecule has 0 aromatic heterocycles. The molecule has 1 aromatic carbocycles. The standard InChI is InChI=1S/C17H26O3.C2H6/c1-13-7-5-8-14(11-13)17(4,15(19)20)10-6-9-16(2,3)12-18;1-2/h5,7-8,11,18H,6,9-10,12H2,1-4H3,(H,19,20);1-2H3. The van der Waals surface area contributed by atoms with E-state index in [1.165, 1.54) is 0 Å². The Morgan fingerprint density at radius 1 is 1.14 bits per heavy atom. The van der Waals surface area contributed by atoms with Crippen LogP contribution < -0.4 is 0 Å². The Labute approximate surface area is 135 Å². The van der Waals surface area contributed by atoms with Gasteiger partial charge in [0.05, 0.1) is 5.41 Å². The first-order valence-electron chi connectivity index (χ1n) is 8.13. The van der Waals surface area contributed by atoms with Crippen molar-refractivity contribution in [2.75, 3.05) is 6.61 Å². The van der Waals surface area contributed by atoms with E-state index in [2.05, 4.69) is 0 Å². The number of carboxylic acid groups (broad SMARTS) is 1. The largest absolute Gasteiger partial charge is 0.481 e. The number of aliphatic hydroxyl groups excluding tert-OH is 1. The quantitative estimate of drug-likeness (QED) is 0.776. The zero-order valence-corrected chi connectivity index (χ0v) is 14.9. The zero-order valence-electron chi connectivity index (χ0n) is 14.9. The van der Waals surface area contributed by atoms with Gasteiger partial charge in [-0.25, -0.2) is 0 Å². The summed E-state index contributed by atoms with van der Waals surface area (Å²) in [4.78, 5) is 11.7. The second-order valence-corrected chi connectivity index (χ2v) is 6.68. The normalized spacial score (nSPS) is 13.8. The van der Waals surface area contributed by atoms with E-state index in [9.17, 15) is 15.0 Å². The van der Waals surface area contributed by atoms with E-state index in [1.807, 2.05) is 58.9 Å². The molecule has 1 aromatic rings. The summed E-state index contributed by atoms with van der Waals surface area (Å²) in [5.41, 5.74) is 0.918. The number of aliphatic hydroxyl groups is 1. The van der Waals surface area contributed by atoms with E-state index >= 15 is 0 Å². The van der Waals surface area contributed by atoms with Gasteiger partial charge < -0.3 is 10.2 Å². The molecular formula is C19H32O3. The van der Waals surface area contributed by atoms with Crippen molar-refractivity contribution >= 4 is 5.97 Å². The van der Waals surface area contributed by atoms with Gasteiger partial charge in [-0.2, -0.15) is 0 Å². The molecule has 22 heavy (non-hydrogen) atoms. The van der Waals surface area contributed by atoms with Gasteiger partial charge in [-0.15, -0.1) is 0 Å². The molecule has 3 heteroatoms. The maximum atomic E-state index is 11.7. The molecular weight excluding hydrogens is 276 g/mol. The molecule has 126 valence electrons. The summed E-state index contributed by atoms with van der Waals surface area (Å²) in [5, 5.41) is 18.9. The van der Waals surface area contributed by atoms with E-state index in [0.717, 1.165) is 24.0 Å². The fraction of sp³-hybridized carbons (Fsp3) is 0.632. The van der Waals surface area contributed by atoms with Gasteiger partial charge in [-0.1, -0.05) is 63.9 Å². The molecule has 0 spiro atoms. The third kappa shape index (κ3) is 5.80. The Morgan fingerprint density at radius 2 is 1.73 bits per heavy atom. The molecule has 2 N–H and O–H groups in total. The summed E-state index contributed by atoms with van der Waals surface area (Å²) in [6, 6.07) is 7.72. The Hall–Kier alpha value is -1.35. The molecule has 0 aliphatic heterocycles. The van der Waals surface area contributed by atoms with Crippen LogP contribution in [-0.4, -0.2) is 22.8 Å². The monoisotopic (exact) mass is 308 g/mol. The van der Waals surface area contributed by atoms with Crippen molar-refractivity contribution in [1.29, 1.82) is 0 Å². The minimum Gasteiger partial charge on any atom is -0.481 e. The Morgan fingerprint density at radius 3 is 2.18 bits per heavy atom. The summed E-state index contributed by atoms with van der Waals surface area (Å²) < 4.78 is 0. The molecule has 0 fully saturated rings. The number of carbonyl (C=O) groups is 1. The number of hydrogen-bond acceptors (Lipinski definition) is 2. The molecule has 1 unspecified atom stereocenters. The molecule has 0 heterocycles. The summed E-state index contributed by atoms with van der Waals surface area (Å²) in [7, 11) is 0.